The van der Waals surface area contributed by atoms with Crippen molar-refractivity contribution in [1.29, 1.82) is 0 Å². The molecule has 0 saturated carbocycles. The van der Waals surface area contributed by atoms with Crippen LogP contribution in [0.2, 0.25) is 0 Å². The number of nitrogens with zero attached hydrogens (tertiary/aromatic N) is 1. The number of likely N-dealkylation sites (tertiary alicyclic amines) is 1. The summed E-state index contributed by atoms with van der Waals surface area (Å²) in [6, 6.07) is -0.168. The second-order valence-corrected chi connectivity index (χ2v) is 5.57. The number of carbonyl (C=O) groups is 2. The van der Waals surface area contributed by atoms with Gasteiger partial charge in [-0.05, 0) is 40.0 Å². The molecule has 1 atom stereocenters. The van der Waals surface area contributed by atoms with Crippen molar-refractivity contribution in [2.45, 2.75) is 51.7 Å². The van der Waals surface area contributed by atoms with Crippen LogP contribution in [0.4, 0.5) is 9.59 Å². The molecule has 18 heavy (non-hydrogen) atoms. The Kier molecular flexibility index (Phi) is 4.81. The molecule has 2 amide bonds. The van der Waals surface area contributed by atoms with Crippen molar-refractivity contribution in [2.24, 2.45) is 0 Å². The van der Waals surface area contributed by atoms with E-state index in [2.05, 4.69) is 5.32 Å². The average molecular weight is 258 g/mol. The number of rotatable bonds is 1. The van der Waals surface area contributed by atoms with Gasteiger partial charge in [-0.1, -0.05) is 0 Å². The van der Waals surface area contributed by atoms with E-state index in [1.165, 1.54) is 4.90 Å². The van der Waals surface area contributed by atoms with E-state index in [0.717, 1.165) is 19.3 Å². The molecule has 2 N–H and O–H groups in total. The highest BCUT2D eigenvalue weighted by molar-refractivity contribution is 5.68. The van der Waals surface area contributed by atoms with Gasteiger partial charge in [0.25, 0.3) is 0 Å². The van der Waals surface area contributed by atoms with Gasteiger partial charge >= 0.3 is 12.2 Å². The van der Waals surface area contributed by atoms with Crippen molar-refractivity contribution >= 4 is 12.2 Å². The molecular weight excluding hydrogens is 236 g/mol. The Hall–Kier alpha value is -1.46. The number of ether oxygens (including phenoxy) is 1. The van der Waals surface area contributed by atoms with E-state index in [0.29, 0.717) is 13.1 Å². The number of alkyl carbamates (subject to hydrolysis) is 1. The van der Waals surface area contributed by atoms with Crippen LogP contribution in [0.5, 0.6) is 0 Å². The van der Waals surface area contributed by atoms with E-state index in [-0.39, 0.29) is 6.04 Å². The highest BCUT2D eigenvalue weighted by Gasteiger charge is 2.24. The number of amides is 2. The Labute approximate surface area is 107 Å². The number of nitrogens with one attached hydrogen (secondary N) is 1. The molecule has 1 fully saturated rings. The molecule has 0 aromatic rings. The summed E-state index contributed by atoms with van der Waals surface area (Å²) in [5.41, 5.74) is -0.540. The maximum Gasteiger partial charge on any atom is 0.407 e. The minimum atomic E-state index is -0.937. The van der Waals surface area contributed by atoms with E-state index < -0.39 is 17.8 Å². The fourth-order valence-corrected chi connectivity index (χ4v) is 1.91. The van der Waals surface area contributed by atoms with Gasteiger partial charge in [-0.15, -0.1) is 0 Å². The summed E-state index contributed by atoms with van der Waals surface area (Å²) >= 11 is 0. The molecule has 1 aliphatic heterocycles. The largest absolute Gasteiger partial charge is 0.465 e. The predicted octanol–water partition coefficient (Wildman–Crippen LogP) is 2.04. The van der Waals surface area contributed by atoms with Gasteiger partial charge < -0.3 is 20.1 Å². The van der Waals surface area contributed by atoms with E-state index in [1.807, 2.05) is 0 Å². The lowest BCUT2D eigenvalue weighted by Crippen LogP contribution is -2.45. The Morgan fingerprint density at radius 3 is 2.56 bits per heavy atom. The second-order valence-electron chi connectivity index (χ2n) is 5.57. The smallest absolute Gasteiger partial charge is 0.407 e. The zero-order chi connectivity index (χ0) is 13.8. The number of carbonyl (C=O) groups excluding carboxylic acids is 1. The molecule has 0 bridgehead atoms. The Morgan fingerprint density at radius 2 is 2.00 bits per heavy atom. The number of hydrogen-bond acceptors (Lipinski definition) is 3. The minimum Gasteiger partial charge on any atom is -0.465 e. The summed E-state index contributed by atoms with van der Waals surface area (Å²) in [6.45, 7) is 6.24. The molecule has 1 saturated heterocycles. The first-order chi connectivity index (χ1) is 8.28. The lowest BCUT2D eigenvalue weighted by molar-refractivity contribution is 0.0491. The zero-order valence-electron chi connectivity index (χ0n) is 11.2. The molecule has 6 nitrogen and oxygen atoms in total. The average Bonchev–Trinajstić information content (AvgIpc) is 2.40. The first-order valence-corrected chi connectivity index (χ1v) is 6.25. The molecule has 0 radical (unpaired) electrons. The van der Waals surface area contributed by atoms with Gasteiger partial charge in [0.1, 0.15) is 5.60 Å². The van der Waals surface area contributed by atoms with Crippen molar-refractivity contribution in [2.75, 3.05) is 13.1 Å². The van der Waals surface area contributed by atoms with Crippen LogP contribution in [0.25, 0.3) is 0 Å². The van der Waals surface area contributed by atoms with Crippen LogP contribution in [-0.2, 0) is 4.74 Å². The normalized spacial score (nSPS) is 21.1. The quantitative estimate of drug-likeness (QED) is 0.754. The lowest BCUT2D eigenvalue weighted by atomic mass is 10.1. The molecule has 104 valence electrons. The highest BCUT2D eigenvalue weighted by atomic mass is 16.6. The van der Waals surface area contributed by atoms with Gasteiger partial charge in [0, 0.05) is 19.1 Å². The van der Waals surface area contributed by atoms with Gasteiger partial charge in [-0.2, -0.15) is 0 Å². The molecular formula is C12H22N2O4. The number of hydrogen-bond donors (Lipinski definition) is 2. The van der Waals surface area contributed by atoms with Gasteiger partial charge in [0.2, 0.25) is 0 Å². The fourth-order valence-electron chi connectivity index (χ4n) is 1.91. The summed E-state index contributed by atoms with van der Waals surface area (Å²) in [4.78, 5) is 23.9. The van der Waals surface area contributed by atoms with E-state index in [1.54, 1.807) is 20.8 Å². The first-order valence-electron chi connectivity index (χ1n) is 6.25. The maximum absolute atomic E-state index is 11.6. The Morgan fingerprint density at radius 1 is 1.33 bits per heavy atom. The fraction of sp³-hybridized carbons (Fsp3) is 0.833. The summed E-state index contributed by atoms with van der Waals surface area (Å²) in [5.74, 6) is 0. The predicted molar refractivity (Wildman–Crippen MR) is 66.6 cm³/mol. The summed E-state index contributed by atoms with van der Waals surface area (Å²) in [7, 11) is 0. The molecule has 6 heteroatoms. The molecule has 0 aromatic heterocycles. The molecule has 1 rings (SSSR count). The minimum absolute atomic E-state index is 0.168. The van der Waals surface area contributed by atoms with Gasteiger partial charge in [-0.25, -0.2) is 9.59 Å². The van der Waals surface area contributed by atoms with Crippen molar-refractivity contribution in [3.8, 4) is 0 Å². The SMILES string of the molecule is CC(C)(C)OC(=O)N[C@H]1CCCCN(C(=O)O)C1. The first kappa shape index (κ1) is 14.6. The number of carboxylic acid groups (broad SMARTS) is 1. The monoisotopic (exact) mass is 258 g/mol. The summed E-state index contributed by atoms with van der Waals surface area (Å²) < 4.78 is 5.16. The third-order valence-electron chi connectivity index (χ3n) is 2.66. The van der Waals surface area contributed by atoms with Crippen LogP contribution in [0.1, 0.15) is 40.0 Å². The Balaban J connectivity index is 2.49. The topological polar surface area (TPSA) is 78.9 Å². The van der Waals surface area contributed by atoms with Crippen molar-refractivity contribution in [3.05, 3.63) is 0 Å². The zero-order valence-corrected chi connectivity index (χ0v) is 11.2. The van der Waals surface area contributed by atoms with Crippen molar-refractivity contribution < 1.29 is 19.4 Å². The van der Waals surface area contributed by atoms with Crippen LogP contribution < -0.4 is 5.32 Å². The highest BCUT2D eigenvalue weighted by Crippen LogP contribution is 2.12. The molecule has 0 unspecified atom stereocenters. The van der Waals surface area contributed by atoms with Gasteiger partial charge in [0.15, 0.2) is 0 Å². The van der Waals surface area contributed by atoms with Crippen LogP contribution in [0.3, 0.4) is 0 Å². The van der Waals surface area contributed by atoms with Crippen LogP contribution in [0.15, 0.2) is 0 Å². The second kappa shape index (κ2) is 5.93. The van der Waals surface area contributed by atoms with Gasteiger partial charge in [-0.3, -0.25) is 0 Å². The van der Waals surface area contributed by atoms with E-state index >= 15 is 0 Å². The maximum atomic E-state index is 11.6. The van der Waals surface area contributed by atoms with Crippen LogP contribution in [-0.4, -0.2) is 46.9 Å². The van der Waals surface area contributed by atoms with E-state index in [4.69, 9.17) is 9.84 Å². The van der Waals surface area contributed by atoms with E-state index in [9.17, 15) is 9.59 Å². The van der Waals surface area contributed by atoms with Crippen molar-refractivity contribution in [1.82, 2.24) is 10.2 Å². The summed E-state index contributed by atoms with van der Waals surface area (Å²) in [5, 5.41) is 11.7. The third kappa shape index (κ3) is 5.25. The standard InChI is InChI=1S/C12H22N2O4/c1-12(2,3)18-10(15)13-9-6-4-5-7-14(8-9)11(16)17/h9H,4-8H2,1-3H3,(H,13,15)(H,16,17)/t9-/m0/s1. The van der Waals surface area contributed by atoms with Crippen molar-refractivity contribution in [3.63, 3.8) is 0 Å². The van der Waals surface area contributed by atoms with Crippen LogP contribution >= 0.6 is 0 Å². The third-order valence-corrected chi connectivity index (χ3v) is 2.66. The summed E-state index contributed by atoms with van der Waals surface area (Å²) in [6.07, 6.45) is 1.10. The van der Waals surface area contributed by atoms with Gasteiger partial charge in [0.05, 0.1) is 0 Å². The molecule has 1 aliphatic rings. The lowest BCUT2D eigenvalue weighted by Gasteiger charge is -2.25. The molecule has 1 heterocycles. The van der Waals surface area contributed by atoms with Crippen LogP contribution in [0, 0.1) is 0 Å². The molecule has 0 aromatic carbocycles. The Bertz CT molecular complexity index is 312. The molecule has 0 aliphatic carbocycles. The molecule has 0 spiro atoms.